The predicted molar refractivity (Wildman–Crippen MR) is 82.3 cm³/mol. The summed E-state index contributed by atoms with van der Waals surface area (Å²) in [5.41, 5.74) is 12.3. The Balaban J connectivity index is 2.43. The molecule has 0 bridgehead atoms. The van der Waals surface area contributed by atoms with Crippen LogP contribution in [0.2, 0.25) is 0 Å². The number of anilines is 3. The first kappa shape index (κ1) is 13.8. The van der Waals surface area contributed by atoms with Gasteiger partial charge in [-0.15, -0.1) is 0 Å². The smallest absolute Gasteiger partial charge is 0.252 e. The maximum atomic E-state index is 11.4. The topological polar surface area (TPSA) is 94.0 Å². The van der Waals surface area contributed by atoms with Crippen molar-refractivity contribution in [1.82, 2.24) is 4.98 Å². The quantitative estimate of drug-likeness (QED) is 0.756. The predicted octanol–water partition coefficient (Wildman–Crippen LogP) is 3.03. The van der Waals surface area contributed by atoms with Gasteiger partial charge in [0, 0.05) is 8.95 Å². The third-order valence-corrected chi connectivity index (χ3v) is 3.54. The Hall–Kier alpha value is -1.60. The number of nitrogens with one attached hydrogen (secondary N) is 1. The molecule has 2 aromatic rings. The molecule has 1 aromatic carbocycles. The van der Waals surface area contributed by atoms with Crippen LogP contribution < -0.4 is 16.8 Å². The lowest BCUT2D eigenvalue weighted by atomic mass is 10.2. The number of aromatic nitrogens is 1. The number of primary amides is 1. The molecule has 0 spiro atoms. The summed E-state index contributed by atoms with van der Waals surface area (Å²) in [4.78, 5) is 15.5. The van der Waals surface area contributed by atoms with E-state index in [0.717, 1.165) is 14.6 Å². The van der Waals surface area contributed by atoms with Gasteiger partial charge in [-0.1, -0.05) is 15.9 Å². The largest absolute Gasteiger partial charge is 0.397 e. The van der Waals surface area contributed by atoms with E-state index < -0.39 is 5.91 Å². The Labute approximate surface area is 126 Å². The van der Waals surface area contributed by atoms with Crippen molar-refractivity contribution in [2.75, 3.05) is 11.1 Å². The molecule has 98 valence electrons. The molecule has 0 aliphatic carbocycles. The van der Waals surface area contributed by atoms with Crippen LogP contribution in [0.15, 0.2) is 39.4 Å². The number of halogens is 2. The lowest BCUT2D eigenvalue weighted by Crippen LogP contribution is -2.15. The highest BCUT2D eigenvalue weighted by molar-refractivity contribution is 9.11. The maximum Gasteiger partial charge on any atom is 0.252 e. The molecule has 0 aliphatic rings. The number of carbonyl (C=O) groups is 1. The van der Waals surface area contributed by atoms with Crippen molar-refractivity contribution in [3.05, 3.63) is 45.0 Å². The van der Waals surface area contributed by atoms with Gasteiger partial charge in [-0.2, -0.15) is 0 Å². The van der Waals surface area contributed by atoms with Gasteiger partial charge in [0.15, 0.2) is 0 Å². The monoisotopic (exact) mass is 384 g/mol. The van der Waals surface area contributed by atoms with E-state index in [-0.39, 0.29) is 5.56 Å². The molecule has 1 heterocycles. The average molecular weight is 386 g/mol. The first-order chi connectivity index (χ1) is 8.97. The van der Waals surface area contributed by atoms with Gasteiger partial charge in [-0.05, 0) is 40.2 Å². The minimum absolute atomic E-state index is 0.242. The van der Waals surface area contributed by atoms with Crippen molar-refractivity contribution >= 4 is 55.0 Å². The Kier molecular flexibility index (Phi) is 4.06. The zero-order valence-electron chi connectivity index (χ0n) is 9.65. The minimum atomic E-state index is -0.589. The Morgan fingerprint density at radius 1 is 1.26 bits per heavy atom. The van der Waals surface area contributed by atoms with E-state index in [4.69, 9.17) is 11.5 Å². The Bertz CT molecular complexity index is 646. The first-order valence-corrected chi connectivity index (χ1v) is 6.83. The number of hydrogen-bond acceptors (Lipinski definition) is 4. The molecule has 0 unspecified atom stereocenters. The molecule has 0 saturated carbocycles. The zero-order chi connectivity index (χ0) is 14.0. The first-order valence-electron chi connectivity index (χ1n) is 5.25. The van der Waals surface area contributed by atoms with Crippen LogP contribution >= 0.6 is 31.9 Å². The van der Waals surface area contributed by atoms with Crippen LogP contribution in [-0.2, 0) is 0 Å². The third kappa shape index (κ3) is 3.24. The van der Waals surface area contributed by atoms with Crippen LogP contribution in [-0.4, -0.2) is 10.9 Å². The molecule has 0 saturated heterocycles. The van der Waals surface area contributed by atoms with E-state index in [1.807, 2.05) is 18.2 Å². The molecule has 0 atom stereocenters. The summed E-state index contributed by atoms with van der Waals surface area (Å²) in [5.74, 6) is -0.228. The standard InChI is InChI=1S/C12H10Br2N4O/c13-6-1-2-9(14)10(3-6)18-12-8(11(16)19)4-7(15)5-17-12/h1-5H,15H2,(H2,16,19)(H,17,18). The fraction of sp³-hybridized carbons (Fsp3) is 0. The average Bonchev–Trinajstić information content (AvgIpc) is 2.35. The highest BCUT2D eigenvalue weighted by Gasteiger charge is 2.12. The lowest BCUT2D eigenvalue weighted by Gasteiger charge is -2.11. The van der Waals surface area contributed by atoms with Crippen LogP contribution in [0.25, 0.3) is 0 Å². The number of rotatable bonds is 3. The molecule has 1 amide bonds. The van der Waals surface area contributed by atoms with E-state index in [0.29, 0.717) is 11.5 Å². The van der Waals surface area contributed by atoms with Gasteiger partial charge in [0.2, 0.25) is 0 Å². The number of benzene rings is 1. The van der Waals surface area contributed by atoms with Crippen molar-refractivity contribution < 1.29 is 4.79 Å². The zero-order valence-corrected chi connectivity index (χ0v) is 12.8. The summed E-state index contributed by atoms with van der Waals surface area (Å²) in [6.07, 6.45) is 1.46. The molecule has 1 aromatic heterocycles. The second-order valence-corrected chi connectivity index (χ2v) is 5.55. The highest BCUT2D eigenvalue weighted by Crippen LogP contribution is 2.29. The molecular weight excluding hydrogens is 376 g/mol. The Morgan fingerprint density at radius 2 is 2.00 bits per heavy atom. The highest BCUT2D eigenvalue weighted by atomic mass is 79.9. The number of nitrogens with two attached hydrogens (primary N) is 2. The van der Waals surface area contributed by atoms with Crippen LogP contribution in [0.5, 0.6) is 0 Å². The van der Waals surface area contributed by atoms with Crippen LogP contribution in [0.4, 0.5) is 17.2 Å². The van der Waals surface area contributed by atoms with Crippen LogP contribution in [0.1, 0.15) is 10.4 Å². The number of nitrogen functional groups attached to an aromatic ring is 1. The fourth-order valence-corrected chi connectivity index (χ4v) is 2.20. The summed E-state index contributed by atoms with van der Waals surface area (Å²) >= 11 is 6.79. The fourth-order valence-electron chi connectivity index (χ4n) is 1.49. The summed E-state index contributed by atoms with van der Waals surface area (Å²) in [6.45, 7) is 0. The van der Waals surface area contributed by atoms with Gasteiger partial charge >= 0.3 is 0 Å². The molecule has 19 heavy (non-hydrogen) atoms. The van der Waals surface area contributed by atoms with Gasteiger partial charge in [0.1, 0.15) is 5.82 Å². The normalized spacial score (nSPS) is 10.2. The molecule has 5 N–H and O–H groups in total. The summed E-state index contributed by atoms with van der Waals surface area (Å²) in [5, 5.41) is 3.05. The van der Waals surface area contributed by atoms with E-state index in [1.165, 1.54) is 12.3 Å². The summed E-state index contributed by atoms with van der Waals surface area (Å²) in [6, 6.07) is 7.10. The van der Waals surface area contributed by atoms with E-state index in [2.05, 4.69) is 42.2 Å². The van der Waals surface area contributed by atoms with Gasteiger partial charge in [0.25, 0.3) is 5.91 Å². The van der Waals surface area contributed by atoms with Gasteiger partial charge in [-0.3, -0.25) is 4.79 Å². The summed E-state index contributed by atoms with van der Waals surface area (Å²) in [7, 11) is 0. The molecule has 2 rings (SSSR count). The maximum absolute atomic E-state index is 11.4. The second-order valence-electron chi connectivity index (χ2n) is 3.78. The number of hydrogen-bond donors (Lipinski definition) is 3. The van der Waals surface area contributed by atoms with E-state index >= 15 is 0 Å². The Morgan fingerprint density at radius 3 is 2.68 bits per heavy atom. The van der Waals surface area contributed by atoms with E-state index in [9.17, 15) is 4.79 Å². The SMILES string of the molecule is NC(=O)c1cc(N)cnc1Nc1cc(Br)ccc1Br. The van der Waals surface area contributed by atoms with Crippen molar-refractivity contribution in [1.29, 1.82) is 0 Å². The molecular formula is C12H10Br2N4O. The van der Waals surface area contributed by atoms with Crippen LogP contribution in [0, 0.1) is 0 Å². The minimum Gasteiger partial charge on any atom is -0.397 e. The third-order valence-electron chi connectivity index (χ3n) is 2.36. The van der Waals surface area contributed by atoms with Crippen molar-refractivity contribution in [3.8, 4) is 0 Å². The van der Waals surface area contributed by atoms with Gasteiger partial charge in [0.05, 0.1) is 23.1 Å². The second kappa shape index (κ2) is 5.58. The molecule has 0 radical (unpaired) electrons. The van der Waals surface area contributed by atoms with Gasteiger partial charge < -0.3 is 16.8 Å². The number of carbonyl (C=O) groups excluding carboxylic acids is 1. The van der Waals surface area contributed by atoms with Crippen LogP contribution in [0.3, 0.4) is 0 Å². The molecule has 5 nitrogen and oxygen atoms in total. The van der Waals surface area contributed by atoms with Crippen molar-refractivity contribution in [3.63, 3.8) is 0 Å². The van der Waals surface area contributed by atoms with Crippen molar-refractivity contribution in [2.24, 2.45) is 5.73 Å². The lowest BCUT2D eigenvalue weighted by molar-refractivity contribution is 0.100. The number of nitrogens with zero attached hydrogens (tertiary/aromatic N) is 1. The van der Waals surface area contributed by atoms with E-state index in [1.54, 1.807) is 0 Å². The molecule has 0 aliphatic heterocycles. The number of amides is 1. The molecule has 0 fully saturated rings. The van der Waals surface area contributed by atoms with Crippen molar-refractivity contribution in [2.45, 2.75) is 0 Å². The molecule has 7 heteroatoms. The number of pyridine rings is 1. The summed E-state index contributed by atoms with van der Waals surface area (Å²) < 4.78 is 1.74. The van der Waals surface area contributed by atoms with Gasteiger partial charge in [-0.25, -0.2) is 4.98 Å².